The van der Waals surface area contributed by atoms with E-state index in [9.17, 15) is 13.2 Å². The van der Waals surface area contributed by atoms with E-state index in [1.165, 1.54) is 12.1 Å². The summed E-state index contributed by atoms with van der Waals surface area (Å²) in [5.74, 6) is 0.0205. The summed E-state index contributed by atoms with van der Waals surface area (Å²) in [6, 6.07) is 12.5. The topological polar surface area (TPSA) is 12.5 Å². The third-order valence-electron chi connectivity index (χ3n) is 3.46. The van der Waals surface area contributed by atoms with Crippen LogP contribution in [0.3, 0.4) is 0 Å². The van der Waals surface area contributed by atoms with Gasteiger partial charge in [0.25, 0.3) is 0 Å². The summed E-state index contributed by atoms with van der Waals surface area (Å²) in [4.78, 5) is 2.02. The van der Waals surface area contributed by atoms with Crippen LogP contribution in [0.1, 0.15) is 18.1 Å². The smallest absolute Gasteiger partial charge is 0.344 e. The minimum Gasteiger partial charge on any atom is -0.428 e. The molecule has 2 rings (SSSR count). The third-order valence-corrected chi connectivity index (χ3v) is 3.46. The molecule has 0 radical (unpaired) electrons. The Morgan fingerprint density at radius 2 is 1.50 bits per heavy atom. The van der Waals surface area contributed by atoms with Crippen LogP contribution in [-0.4, -0.2) is 14.1 Å². The number of rotatable bonds is 5. The van der Waals surface area contributed by atoms with Gasteiger partial charge in [0, 0.05) is 19.8 Å². The SMILES string of the molecule is C/C(=C\c1ccc(N(C)C)cc1)c1ccc(OC(F)=C(F)F)cc1. The van der Waals surface area contributed by atoms with Crippen molar-refractivity contribution in [2.24, 2.45) is 0 Å². The highest BCUT2D eigenvalue weighted by Gasteiger charge is 2.07. The summed E-state index contributed by atoms with van der Waals surface area (Å²) >= 11 is 0. The maximum atomic E-state index is 12.7. The fraction of sp³-hybridized carbons (Fsp3) is 0.158. The average molecular weight is 333 g/mol. The van der Waals surface area contributed by atoms with Crippen molar-refractivity contribution in [2.45, 2.75) is 6.92 Å². The lowest BCUT2D eigenvalue weighted by Crippen LogP contribution is -2.07. The zero-order valence-corrected chi connectivity index (χ0v) is 13.7. The first-order valence-corrected chi connectivity index (χ1v) is 7.31. The number of anilines is 1. The Morgan fingerprint density at radius 1 is 0.917 bits per heavy atom. The summed E-state index contributed by atoms with van der Waals surface area (Å²) in [6.07, 6.45) is -0.465. The monoisotopic (exact) mass is 333 g/mol. The van der Waals surface area contributed by atoms with Gasteiger partial charge < -0.3 is 9.64 Å². The number of hydrogen-bond acceptors (Lipinski definition) is 2. The molecule has 0 saturated heterocycles. The number of allylic oxidation sites excluding steroid dienone is 1. The van der Waals surface area contributed by atoms with E-state index in [4.69, 9.17) is 0 Å². The fourth-order valence-corrected chi connectivity index (χ4v) is 2.13. The predicted octanol–water partition coefficient (Wildman–Crippen LogP) is 5.73. The molecular formula is C19H18F3NO. The van der Waals surface area contributed by atoms with Crippen molar-refractivity contribution in [2.75, 3.05) is 19.0 Å². The molecule has 2 nitrogen and oxygen atoms in total. The Kier molecular flexibility index (Phi) is 5.68. The van der Waals surface area contributed by atoms with Crippen LogP contribution in [0.15, 0.2) is 60.6 Å². The highest BCUT2D eigenvalue weighted by Crippen LogP contribution is 2.24. The van der Waals surface area contributed by atoms with Crippen molar-refractivity contribution < 1.29 is 17.9 Å². The van der Waals surface area contributed by atoms with Gasteiger partial charge in [-0.25, -0.2) is 0 Å². The molecule has 0 saturated carbocycles. The molecule has 0 spiro atoms. The van der Waals surface area contributed by atoms with E-state index < -0.39 is 12.1 Å². The van der Waals surface area contributed by atoms with Crippen LogP contribution >= 0.6 is 0 Å². The first-order valence-electron chi connectivity index (χ1n) is 7.31. The van der Waals surface area contributed by atoms with Crippen LogP contribution < -0.4 is 9.64 Å². The molecule has 0 unspecified atom stereocenters. The lowest BCUT2D eigenvalue weighted by atomic mass is 10.0. The Bertz CT molecular complexity index is 743. The molecule has 0 N–H and O–H groups in total. The fourth-order valence-electron chi connectivity index (χ4n) is 2.13. The van der Waals surface area contributed by atoms with E-state index in [0.717, 1.165) is 22.4 Å². The average Bonchev–Trinajstić information content (AvgIpc) is 2.55. The summed E-state index contributed by atoms with van der Waals surface area (Å²) in [6.45, 7) is 1.94. The highest BCUT2D eigenvalue weighted by molar-refractivity contribution is 5.80. The molecule has 24 heavy (non-hydrogen) atoms. The van der Waals surface area contributed by atoms with E-state index in [1.54, 1.807) is 12.1 Å². The van der Waals surface area contributed by atoms with Crippen molar-refractivity contribution in [3.05, 3.63) is 71.8 Å². The maximum absolute atomic E-state index is 12.7. The van der Waals surface area contributed by atoms with E-state index in [2.05, 4.69) is 4.74 Å². The zero-order chi connectivity index (χ0) is 17.7. The largest absolute Gasteiger partial charge is 0.428 e. The number of ether oxygens (including phenoxy) is 1. The van der Waals surface area contributed by atoms with Crippen LogP contribution in [0.5, 0.6) is 5.75 Å². The van der Waals surface area contributed by atoms with Gasteiger partial charge in [0.2, 0.25) is 0 Å². The van der Waals surface area contributed by atoms with Gasteiger partial charge in [-0.1, -0.05) is 30.3 Å². The van der Waals surface area contributed by atoms with E-state index in [-0.39, 0.29) is 5.75 Å². The molecule has 2 aromatic carbocycles. The van der Waals surface area contributed by atoms with Crippen molar-refractivity contribution in [3.8, 4) is 5.75 Å². The lowest BCUT2D eigenvalue weighted by Gasteiger charge is -2.12. The minimum atomic E-state index is -2.48. The molecule has 0 atom stereocenters. The van der Waals surface area contributed by atoms with Crippen molar-refractivity contribution in [3.63, 3.8) is 0 Å². The van der Waals surface area contributed by atoms with Gasteiger partial charge in [-0.3, -0.25) is 0 Å². The Hall–Kier alpha value is -2.69. The summed E-state index contributed by atoms with van der Waals surface area (Å²) in [7, 11) is 3.96. The quantitative estimate of drug-likeness (QED) is 0.512. The highest BCUT2D eigenvalue weighted by atomic mass is 19.3. The van der Waals surface area contributed by atoms with Crippen molar-refractivity contribution in [1.29, 1.82) is 0 Å². The number of nitrogens with zero attached hydrogens (tertiary/aromatic N) is 1. The molecule has 5 heteroatoms. The maximum Gasteiger partial charge on any atom is 0.344 e. The molecule has 0 fully saturated rings. The lowest BCUT2D eigenvalue weighted by molar-refractivity contribution is 0.241. The van der Waals surface area contributed by atoms with Gasteiger partial charge >= 0.3 is 12.1 Å². The van der Waals surface area contributed by atoms with Gasteiger partial charge in [-0.15, -0.1) is 0 Å². The van der Waals surface area contributed by atoms with Crippen LogP contribution in [0.4, 0.5) is 18.9 Å². The van der Waals surface area contributed by atoms with Crippen molar-refractivity contribution >= 4 is 17.3 Å². The second-order valence-electron chi connectivity index (χ2n) is 5.47. The van der Waals surface area contributed by atoms with Gasteiger partial charge in [0.1, 0.15) is 5.75 Å². The van der Waals surface area contributed by atoms with Gasteiger partial charge in [-0.2, -0.15) is 13.2 Å². The Balaban J connectivity index is 2.14. The molecule has 2 aromatic rings. The molecule has 0 amide bonds. The minimum absolute atomic E-state index is 0.0205. The van der Waals surface area contributed by atoms with Gasteiger partial charge in [0.15, 0.2) is 0 Å². The molecule has 0 aliphatic heterocycles. The molecule has 0 aromatic heterocycles. The summed E-state index contributed by atoms with van der Waals surface area (Å²) in [5.41, 5.74) is 4.05. The normalized spacial score (nSPS) is 11.2. The molecule has 0 heterocycles. The first kappa shape index (κ1) is 17.7. The number of halogens is 3. The molecule has 0 aliphatic rings. The number of hydrogen-bond donors (Lipinski definition) is 0. The van der Waals surface area contributed by atoms with Gasteiger partial charge in [0.05, 0.1) is 0 Å². The predicted molar refractivity (Wildman–Crippen MR) is 91.7 cm³/mol. The Morgan fingerprint density at radius 3 is 2.00 bits per heavy atom. The van der Waals surface area contributed by atoms with E-state index in [0.29, 0.717) is 0 Å². The Labute approximate surface area is 139 Å². The molecular weight excluding hydrogens is 315 g/mol. The second-order valence-corrected chi connectivity index (χ2v) is 5.47. The van der Waals surface area contributed by atoms with Crippen LogP contribution in [0.25, 0.3) is 11.6 Å². The second kappa shape index (κ2) is 7.73. The van der Waals surface area contributed by atoms with Gasteiger partial charge in [-0.05, 0) is 47.9 Å². The molecule has 0 aliphatic carbocycles. The standard InChI is InChI=1S/C19H18F3NO/c1-13(12-14-4-8-16(9-5-14)23(2)3)15-6-10-17(11-7-15)24-19(22)18(20)21/h4-12H,1-3H3/b13-12+. The van der Waals surface area contributed by atoms with E-state index in [1.807, 2.05) is 56.3 Å². The number of benzene rings is 2. The van der Waals surface area contributed by atoms with Crippen molar-refractivity contribution in [1.82, 2.24) is 0 Å². The molecule has 126 valence electrons. The van der Waals surface area contributed by atoms with Crippen LogP contribution in [0, 0.1) is 0 Å². The van der Waals surface area contributed by atoms with E-state index >= 15 is 0 Å². The first-order chi connectivity index (χ1) is 11.4. The van der Waals surface area contributed by atoms with Crippen LogP contribution in [0.2, 0.25) is 0 Å². The zero-order valence-electron chi connectivity index (χ0n) is 13.7. The molecule has 0 bridgehead atoms. The summed E-state index contributed by atoms with van der Waals surface area (Å²) < 4.78 is 41.2. The third kappa shape index (κ3) is 4.65. The summed E-state index contributed by atoms with van der Waals surface area (Å²) in [5, 5.41) is 0. The van der Waals surface area contributed by atoms with Crippen LogP contribution in [-0.2, 0) is 0 Å².